The molecule has 1 N–H and O–H groups in total. The maximum Gasteiger partial charge on any atom is 0.410 e. The summed E-state index contributed by atoms with van der Waals surface area (Å²) in [5.41, 5.74) is -1.28. The quantitative estimate of drug-likeness (QED) is 0.835. The number of ether oxygens (including phenoxy) is 1. The van der Waals surface area contributed by atoms with Crippen LogP contribution in [-0.2, 0) is 9.53 Å². The zero-order valence-electron chi connectivity index (χ0n) is 17.4. The Morgan fingerprint density at radius 2 is 1.83 bits per heavy atom. The van der Waals surface area contributed by atoms with Crippen molar-refractivity contribution in [2.45, 2.75) is 46.6 Å². The van der Waals surface area contributed by atoms with E-state index in [1.165, 1.54) is 11.0 Å². The fraction of sp³-hybridized carbons (Fsp3) is 0.579. The van der Waals surface area contributed by atoms with Gasteiger partial charge in [-0.25, -0.2) is 14.8 Å². The molecule has 3 heterocycles. The SMILES string of the molecule is CC(C)(C)OC(=O)N1CCC(C(C)(C)C(=O)Nc2ncnn2-c2ncccn2)C1. The van der Waals surface area contributed by atoms with Crippen LogP contribution in [-0.4, -0.2) is 60.3 Å². The molecule has 10 heteroatoms. The average Bonchev–Trinajstić information content (AvgIpc) is 3.31. The molecule has 0 radical (unpaired) electrons. The second-order valence-electron chi connectivity index (χ2n) is 8.63. The Hall–Kier alpha value is -3.04. The molecule has 0 aliphatic carbocycles. The Bertz CT molecular complexity index is 873. The molecule has 1 fully saturated rings. The third kappa shape index (κ3) is 4.69. The minimum atomic E-state index is -0.731. The van der Waals surface area contributed by atoms with E-state index in [4.69, 9.17) is 4.74 Å². The number of carbonyl (C=O) groups is 2. The largest absolute Gasteiger partial charge is 0.444 e. The van der Waals surface area contributed by atoms with E-state index in [9.17, 15) is 9.59 Å². The molecule has 0 saturated carbocycles. The molecule has 2 aromatic rings. The van der Waals surface area contributed by atoms with Crippen molar-refractivity contribution in [3.8, 4) is 5.95 Å². The highest BCUT2D eigenvalue weighted by Crippen LogP contribution is 2.36. The molecular weight excluding hydrogens is 374 g/mol. The standard InChI is InChI=1S/C19H27N7O3/c1-18(2,3)29-17(28)25-10-7-13(11-25)19(4,5)14(27)24-16-22-12-23-26(16)15-20-8-6-9-21-15/h6,8-9,12-13H,7,10-11H2,1-5H3,(H,22,23,24,27). The first-order chi connectivity index (χ1) is 13.6. The molecule has 0 bridgehead atoms. The van der Waals surface area contributed by atoms with Crippen molar-refractivity contribution in [2.75, 3.05) is 18.4 Å². The number of nitrogens with zero attached hydrogens (tertiary/aromatic N) is 6. The number of rotatable bonds is 4. The van der Waals surface area contributed by atoms with Gasteiger partial charge in [0, 0.05) is 30.9 Å². The number of hydrogen-bond acceptors (Lipinski definition) is 7. The fourth-order valence-electron chi connectivity index (χ4n) is 3.16. The highest BCUT2D eigenvalue weighted by Gasteiger charge is 2.43. The number of carbonyl (C=O) groups excluding carboxylic acids is 2. The topological polar surface area (TPSA) is 115 Å². The Labute approximate surface area is 169 Å². The van der Waals surface area contributed by atoms with E-state index in [0.29, 0.717) is 25.5 Å². The van der Waals surface area contributed by atoms with Gasteiger partial charge in [0.15, 0.2) is 0 Å². The summed E-state index contributed by atoms with van der Waals surface area (Å²) in [5, 5.41) is 6.91. The van der Waals surface area contributed by atoms with Gasteiger partial charge in [-0.2, -0.15) is 14.8 Å². The van der Waals surface area contributed by atoms with Gasteiger partial charge in [-0.1, -0.05) is 13.8 Å². The van der Waals surface area contributed by atoms with E-state index >= 15 is 0 Å². The summed E-state index contributed by atoms with van der Waals surface area (Å²) in [4.78, 5) is 39.4. The number of amides is 2. The van der Waals surface area contributed by atoms with Crippen molar-refractivity contribution >= 4 is 17.9 Å². The fourth-order valence-corrected chi connectivity index (χ4v) is 3.16. The number of hydrogen-bond donors (Lipinski definition) is 1. The van der Waals surface area contributed by atoms with Gasteiger partial charge >= 0.3 is 6.09 Å². The highest BCUT2D eigenvalue weighted by molar-refractivity contribution is 5.93. The molecule has 1 aliphatic heterocycles. The molecule has 3 rings (SSSR count). The smallest absolute Gasteiger partial charge is 0.410 e. The molecule has 1 atom stereocenters. The molecule has 2 amide bonds. The Balaban J connectivity index is 1.67. The second-order valence-corrected chi connectivity index (χ2v) is 8.63. The molecule has 1 aliphatic rings. The lowest BCUT2D eigenvalue weighted by Gasteiger charge is -2.30. The van der Waals surface area contributed by atoms with Crippen molar-refractivity contribution < 1.29 is 14.3 Å². The third-order valence-corrected chi connectivity index (χ3v) is 4.96. The summed E-state index contributed by atoms with van der Waals surface area (Å²) in [6.07, 6.45) is 4.87. The van der Waals surface area contributed by atoms with Crippen LogP contribution in [0.5, 0.6) is 0 Å². The third-order valence-electron chi connectivity index (χ3n) is 4.96. The maximum absolute atomic E-state index is 13.0. The van der Waals surface area contributed by atoms with Crippen LogP contribution in [0.25, 0.3) is 5.95 Å². The summed E-state index contributed by atoms with van der Waals surface area (Å²) in [6, 6.07) is 1.69. The molecule has 156 valence electrons. The van der Waals surface area contributed by atoms with E-state index in [-0.39, 0.29) is 23.9 Å². The Morgan fingerprint density at radius 1 is 1.14 bits per heavy atom. The van der Waals surface area contributed by atoms with Gasteiger partial charge in [0.05, 0.1) is 0 Å². The van der Waals surface area contributed by atoms with Gasteiger partial charge in [0.1, 0.15) is 11.9 Å². The van der Waals surface area contributed by atoms with Crippen molar-refractivity contribution in [3.05, 3.63) is 24.8 Å². The number of anilines is 1. The predicted molar refractivity (Wildman–Crippen MR) is 105 cm³/mol. The van der Waals surface area contributed by atoms with Crippen LogP contribution in [0.3, 0.4) is 0 Å². The molecule has 10 nitrogen and oxygen atoms in total. The molecule has 1 saturated heterocycles. The van der Waals surface area contributed by atoms with Crippen LogP contribution in [0.1, 0.15) is 41.0 Å². The van der Waals surface area contributed by atoms with Crippen LogP contribution in [0.4, 0.5) is 10.7 Å². The molecule has 2 aromatic heterocycles. The maximum atomic E-state index is 13.0. The number of nitrogens with one attached hydrogen (secondary N) is 1. The summed E-state index contributed by atoms with van der Waals surface area (Å²) < 4.78 is 6.81. The summed E-state index contributed by atoms with van der Waals surface area (Å²) in [7, 11) is 0. The first-order valence-electron chi connectivity index (χ1n) is 9.55. The monoisotopic (exact) mass is 401 g/mol. The molecule has 0 spiro atoms. The predicted octanol–water partition coefficient (Wildman–Crippen LogP) is 2.28. The first kappa shape index (κ1) is 20.7. The average molecular weight is 401 g/mol. The van der Waals surface area contributed by atoms with Crippen LogP contribution >= 0.6 is 0 Å². The van der Waals surface area contributed by atoms with E-state index in [1.54, 1.807) is 23.4 Å². The minimum absolute atomic E-state index is 0.0145. The lowest BCUT2D eigenvalue weighted by atomic mass is 9.77. The molecule has 1 unspecified atom stereocenters. The van der Waals surface area contributed by atoms with Crippen molar-refractivity contribution in [2.24, 2.45) is 11.3 Å². The Morgan fingerprint density at radius 3 is 2.48 bits per heavy atom. The number of likely N-dealkylation sites (tertiary alicyclic amines) is 1. The van der Waals surface area contributed by atoms with Gasteiger partial charge < -0.3 is 9.64 Å². The van der Waals surface area contributed by atoms with Crippen LogP contribution in [0.15, 0.2) is 24.8 Å². The van der Waals surface area contributed by atoms with Gasteiger partial charge in [-0.15, -0.1) is 0 Å². The summed E-state index contributed by atoms with van der Waals surface area (Å²) in [5.74, 6) is 0.337. The highest BCUT2D eigenvalue weighted by atomic mass is 16.6. The van der Waals surface area contributed by atoms with Gasteiger partial charge in [-0.05, 0) is 39.2 Å². The van der Waals surface area contributed by atoms with E-state index < -0.39 is 11.0 Å². The lowest BCUT2D eigenvalue weighted by molar-refractivity contribution is -0.126. The van der Waals surface area contributed by atoms with Crippen LogP contribution < -0.4 is 5.32 Å². The van der Waals surface area contributed by atoms with E-state index in [1.807, 2.05) is 34.6 Å². The van der Waals surface area contributed by atoms with Crippen LogP contribution in [0.2, 0.25) is 0 Å². The van der Waals surface area contributed by atoms with Crippen molar-refractivity contribution in [1.82, 2.24) is 29.6 Å². The van der Waals surface area contributed by atoms with Crippen molar-refractivity contribution in [1.29, 1.82) is 0 Å². The van der Waals surface area contributed by atoms with E-state index in [2.05, 4.69) is 25.4 Å². The van der Waals surface area contributed by atoms with Gasteiger partial charge in [0.2, 0.25) is 11.9 Å². The second kappa shape index (κ2) is 7.76. The summed E-state index contributed by atoms with van der Waals surface area (Å²) >= 11 is 0. The summed E-state index contributed by atoms with van der Waals surface area (Å²) in [6.45, 7) is 10.3. The van der Waals surface area contributed by atoms with Crippen LogP contribution in [0, 0.1) is 11.3 Å². The Kier molecular flexibility index (Phi) is 5.54. The van der Waals surface area contributed by atoms with E-state index in [0.717, 1.165) is 0 Å². The normalized spacial score (nSPS) is 17.3. The molecular formula is C19H27N7O3. The van der Waals surface area contributed by atoms with Gasteiger partial charge in [-0.3, -0.25) is 10.1 Å². The van der Waals surface area contributed by atoms with Crippen molar-refractivity contribution in [3.63, 3.8) is 0 Å². The zero-order chi connectivity index (χ0) is 21.2. The first-order valence-corrected chi connectivity index (χ1v) is 9.55. The lowest BCUT2D eigenvalue weighted by Crippen LogP contribution is -2.41. The number of aromatic nitrogens is 5. The molecule has 0 aromatic carbocycles. The minimum Gasteiger partial charge on any atom is -0.444 e. The van der Waals surface area contributed by atoms with Gasteiger partial charge in [0.25, 0.3) is 5.95 Å². The molecule has 29 heavy (non-hydrogen) atoms. The zero-order valence-corrected chi connectivity index (χ0v) is 17.4.